The van der Waals surface area contributed by atoms with Gasteiger partial charge in [0.25, 0.3) is 5.56 Å². The highest BCUT2D eigenvalue weighted by Crippen LogP contribution is 2.34. The predicted octanol–water partition coefficient (Wildman–Crippen LogP) is 5.50. The van der Waals surface area contributed by atoms with Crippen molar-refractivity contribution in [3.05, 3.63) is 93.3 Å². The van der Waals surface area contributed by atoms with Crippen molar-refractivity contribution in [2.75, 3.05) is 13.7 Å². The fraction of sp³-hybridized carbons (Fsp3) is 0.167. The first kappa shape index (κ1) is 21.3. The van der Waals surface area contributed by atoms with Gasteiger partial charge in [-0.05, 0) is 30.8 Å². The van der Waals surface area contributed by atoms with Crippen LogP contribution in [0, 0.1) is 0 Å². The molecule has 0 spiro atoms. The molecule has 0 aliphatic rings. The Morgan fingerprint density at radius 1 is 1.16 bits per heavy atom. The van der Waals surface area contributed by atoms with Gasteiger partial charge in [0.15, 0.2) is 0 Å². The SMILES string of the molecule is C=CCOc1ccc(CN(C)Cc2nc3scc(-c4ccccc4Cl)c3c(=O)[nH]2)cc1. The smallest absolute Gasteiger partial charge is 0.260 e. The second-order valence-corrected chi connectivity index (χ2v) is 8.50. The van der Waals surface area contributed by atoms with E-state index in [2.05, 4.69) is 16.5 Å². The van der Waals surface area contributed by atoms with E-state index in [1.165, 1.54) is 11.3 Å². The van der Waals surface area contributed by atoms with Gasteiger partial charge in [0.05, 0.1) is 11.9 Å². The Kier molecular flexibility index (Phi) is 6.51. The van der Waals surface area contributed by atoms with Crippen LogP contribution in [0.1, 0.15) is 11.4 Å². The standard InChI is InChI=1S/C24H22ClN3O2S/c1-3-12-30-17-10-8-16(9-11-17)13-28(2)14-21-26-23(29)22-19(15-31-24(22)27-21)18-6-4-5-7-20(18)25/h3-11,15H,1,12-14H2,2H3,(H,26,27,29). The van der Waals surface area contributed by atoms with E-state index in [1.54, 1.807) is 6.08 Å². The summed E-state index contributed by atoms with van der Waals surface area (Å²) < 4.78 is 5.52. The van der Waals surface area contributed by atoms with Crippen LogP contribution in [-0.2, 0) is 13.1 Å². The molecule has 4 aromatic rings. The summed E-state index contributed by atoms with van der Waals surface area (Å²) in [5, 5.41) is 3.14. The number of nitrogens with one attached hydrogen (secondary N) is 1. The maximum Gasteiger partial charge on any atom is 0.260 e. The van der Waals surface area contributed by atoms with Crippen LogP contribution in [0.4, 0.5) is 0 Å². The van der Waals surface area contributed by atoms with E-state index in [-0.39, 0.29) is 5.56 Å². The van der Waals surface area contributed by atoms with Crippen LogP contribution in [0.2, 0.25) is 5.02 Å². The Labute approximate surface area is 189 Å². The summed E-state index contributed by atoms with van der Waals surface area (Å²) in [6, 6.07) is 15.5. The molecule has 4 rings (SSSR count). The summed E-state index contributed by atoms with van der Waals surface area (Å²) in [7, 11) is 2.00. The number of aromatic amines is 1. The number of ether oxygens (including phenoxy) is 1. The van der Waals surface area contributed by atoms with Crippen LogP contribution < -0.4 is 10.3 Å². The van der Waals surface area contributed by atoms with E-state index in [1.807, 2.05) is 61.0 Å². The van der Waals surface area contributed by atoms with Crippen molar-refractivity contribution < 1.29 is 4.74 Å². The number of hydrogen-bond acceptors (Lipinski definition) is 5. The molecule has 7 heteroatoms. The average Bonchev–Trinajstić information content (AvgIpc) is 3.18. The quantitative estimate of drug-likeness (QED) is 0.359. The molecule has 0 atom stereocenters. The van der Waals surface area contributed by atoms with Gasteiger partial charge in [-0.25, -0.2) is 4.98 Å². The van der Waals surface area contributed by atoms with Crippen LogP contribution in [0.25, 0.3) is 21.3 Å². The number of thiophene rings is 1. The Morgan fingerprint density at radius 2 is 1.94 bits per heavy atom. The molecule has 1 N–H and O–H groups in total. The van der Waals surface area contributed by atoms with Crippen molar-refractivity contribution in [1.82, 2.24) is 14.9 Å². The van der Waals surface area contributed by atoms with Crippen LogP contribution in [0.15, 0.2) is 71.4 Å². The van der Waals surface area contributed by atoms with Gasteiger partial charge in [-0.1, -0.05) is 54.6 Å². The molecule has 0 aliphatic heterocycles. The lowest BCUT2D eigenvalue weighted by Gasteiger charge is -2.16. The molecular formula is C24H22ClN3O2S. The Hall–Kier alpha value is -2.93. The minimum Gasteiger partial charge on any atom is -0.490 e. The lowest BCUT2D eigenvalue weighted by molar-refractivity contribution is 0.310. The minimum atomic E-state index is -0.145. The van der Waals surface area contributed by atoms with Crippen molar-refractivity contribution in [1.29, 1.82) is 0 Å². The molecule has 0 unspecified atom stereocenters. The molecule has 2 aromatic carbocycles. The topological polar surface area (TPSA) is 58.2 Å². The zero-order valence-electron chi connectivity index (χ0n) is 17.1. The molecule has 158 valence electrons. The van der Waals surface area contributed by atoms with E-state index >= 15 is 0 Å². The van der Waals surface area contributed by atoms with E-state index in [9.17, 15) is 4.79 Å². The molecule has 2 aromatic heterocycles. The molecule has 0 aliphatic carbocycles. The molecule has 0 radical (unpaired) electrons. The first-order valence-electron chi connectivity index (χ1n) is 9.81. The highest BCUT2D eigenvalue weighted by molar-refractivity contribution is 7.17. The maximum atomic E-state index is 12.9. The Balaban J connectivity index is 1.51. The van der Waals surface area contributed by atoms with Gasteiger partial charge in [0.1, 0.15) is 23.0 Å². The van der Waals surface area contributed by atoms with E-state index in [4.69, 9.17) is 21.3 Å². The van der Waals surface area contributed by atoms with Gasteiger partial charge in [-0.15, -0.1) is 11.3 Å². The normalized spacial score (nSPS) is 11.2. The lowest BCUT2D eigenvalue weighted by Crippen LogP contribution is -2.21. The van der Waals surface area contributed by atoms with E-state index in [0.29, 0.717) is 34.2 Å². The van der Waals surface area contributed by atoms with Gasteiger partial charge in [-0.3, -0.25) is 9.69 Å². The van der Waals surface area contributed by atoms with E-state index in [0.717, 1.165) is 29.0 Å². The monoisotopic (exact) mass is 451 g/mol. The largest absolute Gasteiger partial charge is 0.490 e. The van der Waals surface area contributed by atoms with Crippen molar-refractivity contribution in [3.63, 3.8) is 0 Å². The van der Waals surface area contributed by atoms with Gasteiger partial charge in [-0.2, -0.15) is 0 Å². The van der Waals surface area contributed by atoms with E-state index < -0.39 is 0 Å². The number of rotatable bonds is 8. The molecule has 0 saturated carbocycles. The highest BCUT2D eigenvalue weighted by Gasteiger charge is 2.15. The summed E-state index contributed by atoms with van der Waals surface area (Å²) in [6.07, 6.45) is 1.72. The Bertz CT molecular complexity index is 1260. The van der Waals surface area contributed by atoms with Crippen molar-refractivity contribution >= 4 is 33.2 Å². The third-order valence-corrected chi connectivity index (χ3v) is 6.02. The van der Waals surface area contributed by atoms with Crippen LogP contribution in [-0.4, -0.2) is 28.5 Å². The third kappa shape index (κ3) is 4.88. The van der Waals surface area contributed by atoms with Gasteiger partial charge < -0.3 is 9.72 Å². The summed E-state index contributed by atoms with van der Waals surface area (Å²) >= 11 is 7.79. The zero-order valence-corrected chi connectivity index (χ0v) is 18.7. The molecule has 0 fully saturated rings. The maximum absolute atomic E-state index is 12.9. The average molecular weight is 452 g/mol. The molecule has 0 bridgehead atoms. The molecule has 2 heterocycles. The number of fused-ring (bicyclic) bond motifs is 1. The van der Waals surface area contributed by atoms with Crippen LogP contribution in [0.5, 0.6) is 5.75 Å². The van der Waals surface area contributed by atoms with Gasteiger partial charge in [0.2, 0.25) is 0 Å². The fourth-order valence-corrected chi connectivity index (χ4v) is 4.61. The Morgan fingerprint density at radius 3 is 2.68 bits per heavy atom. The summed E-state index contributed by atoms with van der Waals surface area (Å²) in [6.45, 7) is 5.39. The molecule has 31 heavy (non-hydrogen) atoms. The number of aromatic nitrogens is 2. The van der Waals surface area contributed by atoms with Crippen LogP contribution >= 0.6 is 22.9 Å². The second kappa shape index (κ2) is 9.47. The van der Waals surface area contributed by atoms with Crippen LogP contribution in [0.3, 0.4) is 0 Å². The van der Waals surface area contributed by atoms with Gasteiger partial charge >= 0.3 is 0 Å². The molecule has 5 nitrogen and oxygen atoms in total. The summed E-state index contributed by atoms with van der Waals surface area (Å²) in [5.41, 5.74) is 2.66. The van der Waals surface area contributed by atoms with Crippen molar-refractivity contribution in [2.45, 2.75) is 13.1 Å². The molecular weight excluding hydrogens is 430 g/mol. The van der Waals surface area contributed by atoms with Crippen molar-refractivity contribution in [2.24, 2.45) is 0 Å². The number of H-pyrrole nitrogens is 1. The summed E-state index contributed by atoms with van der Waals surface area (Å²) in [4.78, 5) is 23.3. The molecule has 0 saturated heterocycles. The van der Waals surface area contributed by atoms with Crippen molar-refractivity contribution in [3.8, 4) is 16.9 Å². The van der Waals surface area contributed by atoms with Gasteiger partial charge in [0, 0.05) is 28.1 Å². The predicted molar refractivity (Wildman–Crippen MR) is 128 cm³/mol. The number of hydrogen-bond donors (Lipinski definition) is 1. The zero-order chi connectivity index (χ0) is 21.8. The first-order chi connectivity index (χ1) is 15.0. The second-order valence-electron chi connectivity index (χ2n) is 7.24. The highest BCUT2D eigenvalue weighted by atomic mass is 35.5. The fourth-order valence-electron chi connectivity index (χ4n) is 3.42. The summed E-state index contributed by atoms with van der Waals surface area (Å²) in [5.74, 6) is 1.45. The minimum absolute atomic E-state index is 0.145. The first-order valence-corrected chi connectivity index (χ1v) is 11.1. The number of nitrogens with zero attached hydrogens (tertiary/aromatic N) is 2. The lowest BCUT2D eigenvalue weighted by atomic mass is 10.1. The molecule has 0 amide bonds. The number of benzene rings is 2. The third-order valence-electron chi connectivity index (χ3n) is 4.82. The number of halogens is 1.